The van der Waals surface area contributed by atoms with Gasteiger partial charge in [0.15, 0.2) is 6.10 Å². The number of esters is 3. The average Bonchev–Trinajstić information content (AvgIpc) is 3.37. The molecule has 2 heterocycles. The zero-order valence-electron chi connectivity index (χ0n) is 26.4. The first-order chi connectivity index (χ1) is 22.8. The number of aldehydes is 1. The summed E-state index contributed by atoms with van der Waals surface area (Å²) in [6.07, 6.45) is -9.05. The van der Waals surface area contributed by atoms with Gasteiger partial charge in [-0.25, -0.2) is 9.59 Å². The molecule has 0 amide bonds. The highest BCUT2D eigenvalue weighted by Gasteiger charge is 2.72. The van der Waals surface area contributed by atoms with Crippen LogP contribution >= 0.6 is 0 Å². The molecule has 18 heteroatoms. The molecule has 0 aromatic heterocycles. The standard InChI is InChI=1S/C29H33NO13.C2HF3O/c1-13(22(40-14(2)32)27(38)42-18(25(35)36)11-20(33)34)26(37)41-17-6-7-29(39)19-10-15-4-5-16(12-31)23-21(15)28(29,24(17)43-23)8-9-30(19)3;3-2(4,5)1-6/h4-6,13,18-19,22,24,31,39H,7-12H2,1-3H3,(H,33,34)(H,35,36);1H/t13-,18-,19-,22-,24+,28+,29-;/m1./s1. The number of halogens is 3. The number of carbonyl (C=O) groups excluding carboxylic acids is 4. The minimum Gasteiger partial charge on any atom is -0.481 e. The van der Waals surface area contributed by atoms with Gasteiger partial charge in [-0.05, 0) is 45.0 Å². The van der Waals surface area contributed by atoms with Crippen LogP contribution < -0.4 is 4.74 Å². The molecule has 49 heavy (non-hydrogen) atoms. The van der Waals surface area contributed by atoms with Gasteiger partial charge < -0.3 is 44.3 Å². The van der Waals surface area contributed by atoms with Crippen molar-refractivity contribution in [1.82, 2.24) is 4.90 Å². The zero-order chi connectivity index (χ0) is 36.6. The molecule has 1 spiro atoms. The van der Waals surface area contributed by atoms with Gasteiger partial charge in [0, 0.05) is 30.5 Å². The summed E-state index contributed by atoms with van der Waals surface area (Å²) in [5.41, 5.74) is -0.00757. The SMILES string of the molecule is CC(=O)O[C@@H](C(=O)O[C@H](CC(=O)O)C(=O)O)[C@@H](C)C(=O)OC1=CC[C@@]2(O)[C@H]3Cc4ccc(CO)c5c4[C@@]2(CCN3C)[C@H]1O5.O=CC(F)(F)F. The van der Waals surface area contributed by atoms with Crippen LogP contribution in [-0.2, 0) is 61.4 Å². The van der Waals surface area contributed by atoms with Crippen LogP contribution in [0.4, 0.5) is 13.2 Å². The molecule has 268 valence electrons. The molecule has 1 fully saturated rings. The monoisotopic (exact) mass is 701 g/mol. The summed E-state index contributed by atoms with van der Waals surface area (Å²) in [5.74, 6) is -7.76. The van der Waals surface area contributed by atoms with Crippen molar-refractivity contribution in [2.24, 2.45) is 5.92 Å². The number of aliphatic hydroxyl groups is 2. The number of carboxylic acids is 2. The molecule has 1 aromatic carbocycles. The molecular formula is C31H34F3NO14. The number of rotatable bonds is 10. The van der Waals surface area contributed by atoms with Gasteiger partial charge in [0.1, 0.15) is 17.4 Å². The first-order valence-electron chi connectivity index (χ1n) is 14.9. The second-order valence-electron chi connectivity index (χ2n) is 12.2. The second kappa shape index (κ2) is 13.8. The minimum atomic E-state index is -4.64. The molecule has 2 aliphatic heterocycles. The van der Waals surface area contributed by atoms with E-state index in [1.54, 1.807) is 12.1 Å². The molecule has 1 aromatic rings. The molecule has 5 rings (SSSR count). The van der Waals surface area contributed by atoms with Crippen LogP contribution in [0.25, 0.3) is 0 Å². The number of benzene rings is 1. The Bertz CT molecular complexity index is 1580. The van der Waals surface area contributed by atoms with Crippen molar-refractivity contribution in [3.63, 3.8) is 0 Å². The number of aliphatic carboxylic acids is 2. The van der Waals surface area contributed by atoms with Crippen molar-refractivity contribution >= 4 is 36.1 Å². The van der Waals surface area contributed by atoms with E-state index < -0.39 is 84.0 Å². The lowest BCUT2D eigenvalue weighted by atomic mass is 9.50. The Morgan fingerprint density at radius 1 is 1.14 bits per heavy atom. The Balaban J connectivity index is 0.000000827. The Labute approximate surface area is 276 Å². The van der Waals surface area contributed by atoms with Crippen LogP contribution in [0.3, 0.4) is 0 Å². The van der Waals surface area contributed by atoms with Crippen LogP contribution in [-0.4, -0.2) is 111 Å². The predicted octanol–water partition coefficient (Wildman–Crippen LogP) is 0.786. The number of ether oxygens (including phenoxy) is 4. The fraction of sp³-hybridized carbons (Fsp3) is 0.548. The van der Waals surface area contributed by atoms with Gasteiger partial charge in [-0.1, -0.05) is 12.1 Å². The van der Waals surface area contributed by atoms with Gasteiger partial charge >= 0.3 is 36.0 Å². The van der Waals surface area contributed by atoms with Gasteiger partial charge in [-0.2, -0.15) is 13.2 Å². The Kier molecular flexibility index (Phi) is 10.5. The van der Waals surface area contributed by atoms with E-state index >= 15 is 0 Å². The van der Waals surface area contributed by atoms with Crippen molar-refractivity contribution in [1.29, 1.82) is 0 Å². The number of piperidine rings is 1. The van der Waals surface area contributed by atoms with Crippen molar-refractivity contribution in [2.45, 2.75) is 87.7 Å². The Morgan fingerprint density at radius 3 is 2.35 bits per heavy atom. The minimum absolute atomic E-state index is 0.0713. The number of hydrogen-bond donors (Lipinski definition) is 4. The molecule has 2 aliphatic carbocycles. The smallest absolute Gasteiger partial charge is 0.446 e. The van der Waals surface area contributed by atoms with Crippen LogP contribution in [0.5, 0.6) is 5.75 Å². The summed E-state index contributed by atoms with van der Waals surface area (Å²) in [5, 5.41) is 40.5. The van der Waals surface area contributed by atoms with E-state index in [-0.39, 0.29) is 24.8 Å². The molecule has 0 saturated carbocycles. The summed E-state index contributed by atoms with van der Waals surface area (Å²) in [4.78, 5) is 71.3. The third-order valence-corrected chi connectivity index (χ3v) is 9.22. The van der Waals surface area contributed by atoms with Crippen molar-refractivity contribution in [3.8, 4) is 5.75 Å². The maximum atomic E-state index is 13.4. The number of nitrogens with zero attached hydrogens (tertiary/aromatic N) is 1. The highest BCUT2D eigenvalue weighted by molar-refractivity contribution is 5.88. The fourth-order valence-electron chi connectivity index (χ4n) is 7.04. The number of likely N-dealkylation sites (tertiary alicyclic amines) is 1. The van der Waals surface area contributed by atoms with Crippen LogP contribution in [0, 0.1) is 5.92 Å². The van der Waals surface area contributed by atoms with E-state index in [0.29, 0.717) is 30.7 Å². The van der Waals surface area contributed by atoms with Gasteiger partial charge in [-0.3, -0.25) is 19.2 Å². The van der Waals surface area contributed by atoms with E-state index in [9.17, 15) is 52.5 Å². The number of likely N-dealkylation sites (N-methyl/N-ethyl adjacent to an activating group) is 1. The largest absolute Gasteiger partial charge is 0.481 e. The molecule has 4 aliphatic rings. The number of alkyl halides is 3. The van der Waals surface area contributed by atoms with Crippen LogP contribution in [0.1, 0.15) is 49.8 Å². The van der Waals surface area contributed by atoms with E-state index in [1.807, 2.05) is 13.1 Å². The van der Waals surface area contributed by atoms with E-state index in [4.69, 9.17) is 28.8 Å². The highest BCUT2D eigenvalue weighted by Crippen LogP contribution is 2.64. The molecular weight excluding hydrogens is 667 g/mol. The highest BCUT2D eigenvalue weighted by atomic mass is 19.4. The molecule has 4 N–H and O–H groups in total. The first-order valence-corrected chi connectivity index (χ1v) is 14.9. The van der Waals surface area contributed by atoms with E-state index in [0.717, 1.165) is 18.1 Å². The normalized spacial score (nSPS) is 26.6. The summed E-state index contributed by atoms with van der Waals surface area (Å²) in [6.45, 7) is 2.48. The summed E-state index contributed by atoms with van der Waals surface area (Å²) in [7, 11) is 1.94. The molecule has 2 bridgehead atoms. The number of carbonyl (C=O) groups is 6. The van der Waals surface area contributed by atoms with Crippen molar-refractivity contribution in [2.75, 3.05) is 13.6 Å². The first kappa shape index (κ1) is 37.3. The van der Waals surface area contributed by atoms with E-state index in [2.05, 4.69) is 4.90 Å². The number of aliphatic hydroxyl groups excluding tert-OH is 1. The number of carboxylic acid groups (broad SMARTS) is 2. The summed E-state index contributed by atoms with van der Waals surface area (Å²) >= 11 is 0. The zero-order valence-corrected chi connectivity index (χ0v) is 26.4. The van der Waals surface area contributed by atoms with E-state index in [1.165, 1.54) is 6.92 Å². The van der Waals surface area contributed by atoms with Crippen molar-refractivity contribution < 1.29 is 81.3 Å². The number of hydrogen-bond acceptors (Lipinski definition) is 13. The van der Waals surface area contributed by atoms with Gasteiger partial charge in [-0.15, -0.1) is 0 Å². The molecule has 15 nitrogen and oxygen atoms in total. The maximum Gasteiger partial charge on any atom is 0.446 e. The average molecular weight is 702 g/mol. The quantitative estimate of drug-likeness (QED) is 0.150. The lowest BCUT2D eigenvalue weighted by Crippen LogP contribution is -2.74. The van der Waals surface area contributed by atoms with Gasteiger partial charge in [0.2, 0.25) is 18.5 Å². The van der Waals surface area contributed by atoms with Crippen LogP contribution in [0.2, 0.25) is 0 Å². The second-order valence-corrected chi connectivity index (χ2v) is 12.2. The Hall–Kier alpha value is -4.55. The summed E-state index contributed by atoms with van der Waals surface area (Å²) < 4.78 is 53.2. The van der Waals surface area contributed by atoms with Gasteiger partial charge in [0.05, 0.1) is 24.0 Å². The lowest BCUT2D eigenvalue weighted by Gasteiger charge is -2.61. The lowest BCUT2D eigenvalue weighted by molar-refractivity contribution is -0.185. The Morgan fingerprint density at radius 2 is 1.80 bits per heavy atom. The molecule has 1 saturated heterocycles. The fourth-order valence-corrected chi connectivity index (χ4v) is 7.04. The van der Waals surface area contributed by atoms with Crippen molar-refractivity contribution in [3.05, 3.63) is 40.7 Å². The topological polar surface area (TPSA) is 224 Å². The maximum absolute atomic E-state index is 13.4. The predicted molar refractivity (Wildman–Crippen MR) is 154 cm³/mol. The van der Waals surface area contributed by atoms with Crippen LogP contribution in [0.15, 0.2) is 24.0 Å². The molecule has 7 atom stereocenters. The molecule has 0 unspecified atom stereocenters. The summed E-state index contributed by atoms with van der Waals surface area (Å²) in [6, 6.07) is 3.43. The van der Waals surface area contributed by atoms with Gasteiger partial charge in [0.25, 0.3) is 0 Å². The third kappa shape index (κ3) is 6.84. The third-order valence-electron chi connectivity index (χ3n) is 9.22. The molecule has 0 radical (unpaired) electrons.